The first-order valence-corrected chi connectivity index (χ1v) is 7.47. The Morgan fingerprint density at radius 1 is 1.15 bits per heavy atom. The molecule has 0 radical (unpaired) electrons. The van der Waals surface area contributed by atoms with Crippen LogP contribution < -0.4 is 0 Å². The fraction of sp³-hybridized carbons (Fsp3) is 0.529. The number of rotatable bonds is 4. The lowest BCUT2D eigenvalue weighted by molar-refractivity contribution is 0.130. The Bertz CT molecular complexity index is 450. The van der Waals surface area contributed by atoms with E-state index in [9.17, 15) is 0 Å². The molecule has 0 bridgehead atoms. The number of hydrogen-bond acceptors (Lipinski definition) is 3. The average molecular weight is 270 g/mol. The molecule has 3 nitrogen and oxygen atoms in total. The zero-order chi connectivity index (χ0) is 14.0. The minimum atomic E-state index is 0.233. The molecule has 2 rings (SSSR count). The van der Waals surface area contributed by atoms with Crippen LogP contribution in [0, 0.1) is 23.2 Å². The molecule has 1 aliphatic rings. The minimum absolute atomic E-state index is 0.233. The van der Waals surface area contributed by atoms with Gasteiger partial charge in [-0.3, -0.25) is 0 Å². The SMILES string of the molecule is N#CC1CCCCC(/C=N/OCc2ccccc2)CC1. The van der Waals surface area contributed by atoms with Gasteiger partial charge in [-0.15, -0.1) is 0 Å². The maximum Gasteiger partial charge on any atom is 0.142 e. The van der Waals surface area contributed by atoms with Crippen LogP contribution in [0.15, 0.2) is 35.5 Å². The summed E-state index contributed by atoms with van der Waals surface area (Å²) in [5.74, 6) is 0.693. The average Bonchev–Trinajstić information content (AvgIpc) is 2.47. The highest BCUT2D eigenvalue weighted by Gasteiger charge is 2.15. The molecule has 0 saturated heterocycles. The first kappa shape index (κ1) is 14.6. The predicted octanol–water partition coefficient (Wildman–Crippen LogP) is 4.30. The first-order valence-electron chi connectivity index (χ1n) is 7.47. The molecule has 3 heteroatoms. The molecule has 2 atom stereocenters. The van der Waals surface area contributed by atoms with Crippen LogP contribution in [-0.2, 0) is 11.4 Å². The number of nitriles is 1. The van der Waals surface area contributed by atoms with Gasteiger partial charge in [0.1, 0.15) is 6.61 Å². The largest absolute Gasteiger partial charge is 0.391 e. The summed E-state index contributed by atoms with van der Waals surface area (Å²) in [5.41, 5.74) is 1.13. The summed E-state index contributed by atoms with van der Waals surface area (Å²) in [5, 5.41) is 13.1. The molecule has 0 heterocycles. The maximum atomic E-state index is 9.03. The molecule has 1 aliphatic carbocycles. The van der Waals surface area contributed by atoms with Crippen molar-refractivity contribution in [2.24, 2.45) is 17.0 Å². The van der Waals surface area contributed by atoms with Crippen molar-refractivity contribution in [3.05, 3.63) is 35.9 Å². The molecule has 0 aromatic heterocycles. The second-order valence-corrected chi connectivity index (χ2v) is 5.46. The van der Waals surface area contributed by atoms with Crippen molar-refractivity contribution in [3.8, 4) is 6.07 Å². The topological polar surface area (TPSA) is 45.4 Å². The standard InChI is InChI=1S/C17H22N2O/c18-12-15-6-4-5-7-16(11-10-15)13-19-20-14-17-8-2-1-3-9-17/h1-3,8-9,13,15-16H,4-7,10-11,14H2/b19-13+. The Balaban J connectivity index is 1.74. The molecule has 1 aromatic rings. The predicted molar refractivity (Wildman–Crippen MR) is 80.0 cm³/mol. The Morgan fingerprint density at radius 3 is 2.75 bits per heavy atom. The Hall–Kier alpha value is -1.82. The van der Waals surface area contributed by atoms with Gasteiger partial charge in [0.25, 0.3) is 0 Å². The van der Waals surface area contributed by atoms with Gasteiger partial charge in [0.05, 0.1) is 6.07 Å². The Morgan fingerprint density at radius 2 is 1.95 bits per heavy atom. The van der Waals surface area contributed by atoms with Gasteiger partial charge in [0.15, 0.2) is 0 Å². The van der Waals surface area contributed by atoms with Crippen LogP contribution in [0.5, 0.6) is 0 Å². The van der Waals surface area contributed by atoms with Crippen LogP contribution in [0.1, 0.15) is 44.1 Å². The van der Waals surface area contributed by atoms with Gasteiger partial charge in [-0.25, -0.2) is 0 Å². The van der Waals surface area contributed by atoms with Gasteiger partial charge >= 0.3 is 0 Å². The Labute approximate surface area is 121 Å². The van der Waals surface area contributed by atoms with E-state index >= 15 is 0 Å². The summed E-state index contributed by atoms with van der Waals surface area (Å²) >= 11 is 0. The van der Waals surface area contributed by atoms with Crippen LogP contribution in [0.3, 0.4) is 0 Å². The quantitative estimate of drug-likeness (QED) is 0.605. The normalized spacial score (nSPS) is 23.8. The molecule has 0 aliphatic heterocycles. The lowest BCUT2D eigenvalue weighted by atomic mass is 9.87. The smallest absolute Gasteiger partial charge is 0.142 e. The van der Waals surface area contributed by atoms with Crippen molar-refractivity contribution >= 4 is 6.21 Å². The van der Waals surface area contributed by atoms with E-state index in [1.807, 2.05) is 36.5 Å². The van der Waals surface area contributed by atoms with Gasteiger partial charge in [0, 0.05) is 12.1 Å². The lowest BCUT2D eigenvalue weighted by Gasteiger charge is -2.18. The maximum absolute atomic E-state index is 9.03. The van der Waals surface area contributed by atoms with E-state index in [2.05, 4.69) is 11.2 Å². The van der Waals surface area contributed by atoms with E-state index in [1.165, 1.54) is 6.42 Å². The van der Waals surface area contributed by atoms with Crippen LogP contribution in [0.25, 0.3) is 0 Å². The lowest BCUT2D eigenvalue weighted by Crippen LogP contribution is -2.10. The summed E-state index contributed by atoms with van der Waals surface area (Å²) in [6.45, 7) is 0.519. The molecular weight excluding hydrogens is 248 g/mol. The number of nitrogens with zero attached hydrogens (tertiary/aromatic N) is 2. The van der Waals surface area contributed by atoms with Crippen molar-refractivity contribution in [2.45, 2.75) is 45.1 Å². The highest BCUT2D eigenvalue weighted by atomic mass is 16.6. The van der Waals surface area contributed by atoms with E-state index in [0.717, 1.165) is 37.7 Å². The molecule has 1 aromatic carbocycles. The van der Waals surface area contributed by atoms with E-state index in [-0.39, 0.29) is 5.92 Å². The van der Waals surface area contributed by atoms with Gasteiger partial charge in [-0.2, -0.15) is 5.26 Å². The third-order valence-corrected chi connectivity index (χ3v) is 3.87. The van der Waals surface area contributed by atoms with Crippen molar-refractivity contribution < 1.29 is 4.84 Å². The van der Waals surface area contributed by atoms with Gasteiger partial charge in [0.2, 0.25) is 0 Å². The number of oxime groups is 1. The second-order valence-electron chi connectivity index (χ2n) is 5.46. The third kappa shape index (κ3) is 5.05. The number of hydrogen-bond donors (Lipinski definition) is 0. The molecule has 106 valence electrons. The summed E-state index contributed by atoms with van der Waals surface area (Å²) in [6, 6.07) is 12.5. The fourth-order valence-corrected chi connectivity index (χ4v) is 2.59. The van der Waals surface area contributed by atoms with Gasteiger partial charge < -0.3 is 4.84 Å². The molecule has 1 fully saturated rings. The van der Waals surface area contributed by atoms with E-state index in [0.29, 0.717) is 12.5 Å². The molecule has 0 N–H and O–H groups in total. The fourth-order valence-electron chi connectivity index (χ4n) is 2.59. The van der Waals surface area contributed by atoms with Crippen LogP contribution in [0.4, 0.5) is 0 Å². The zero-order valence-corrected chi connectivity index (χ0v) is 11.9. The molecular formula is C17H22N2O. The van der Waals surface area contributed by atoms with Crippen molar-refractivity contribution in [1.29, 1.82) is 5.26 Å². The van der Waals surface area contributed by atoms with Crippen LogP contribution in [0.2, 0.25) is 0 Å². The minimum Gasteiger partial charge on any atom is -0.391 e. The number of benzene rings is 1. The summed E-state index contributed by atoms with van der Waals surface area (Å²) < 4.78 is 0. The van der Waals surface area contributed by atoms with Gasteiger partial charge in [-0.05, 0) is 37.2 Å². The molecule has 1 saturated carbocycles. The highest BCUT2D eigenvalue weighted by molar-refractivity contribution is 5.59. The first-order chi connectivity index (χ1) is 9.88. The third-order valence-electron chi connectivity index (χ3n) is 3.87. The highest BCUT2D eigenvalue weighted by Crippen LogP contribution is 2.24. The molecule has 0 spiro atoms. The zero-order valence-electron chi connectivity index (χ0n) is 11.9. The monoisotopic (exact) mass is 270 g/mol. The van der Waals surface area contributed by atoms with Crippen molar-refractivity contribution in [1.82, 2.24) is 0 Å². The molecule has 20 heavy (non-hydrogen) atoms. The van der Waals surface area contributed by atoms with Crippen molar-refractivity contribution in [2.75, 3.05) is 0 Å². The van der Waals surface area contributed by atoms with Crippen LogP contribution >= 0.6 is 0 Å². The molecule has 2 unspecified atom stereocenters. The summed E-state index contributed by atoms with van der Waals surface area (Å²) in [7, 11) is 0. The van der Waals surface area contributed by atoms with Crippen LogP contribution in [-0.4, -0.2) is 6.21 Å². The second kappa shape index (κ2) is 8.37. The summed E-state index contributed by atoms with van der Waals surface area (Å²) in [6.07, 6.45) is 8.55. The Kier molecular flexibility index (Phi) is 6.10. The summed E-state index contributed by atoms with van der Waals surface area (Å²) in [4.78, 5) is 5.35. The van der Waals surface area contributed by atoms with Gasteiger partial charge in [-0.1, -0.05) is 48.3 Å². The molecule has 0 amide bonds. The van der Waals surface area contributed by atoms with E-state index in [4.69, 9.17) is 10.1 Å². The van der Waals surface area contributed by atoms with E-state index in [1.54, 1.807) is 0 Å². The van der Waals surface area contributed by atoms with Crippen molar-refractivity contribution in [3.63, 3.8) is 0 Å². The van der Waals surface area contributed by atoms with E-state index < -0.39 is 0 Å².